The number of nitrogens with zero attached hydrogens (tertiary/aromatic N) is 2. The Bertz CT molecular complexity index is 804. The summed E-state index contributed by atoms with van der Waals surface area (Å²) in [5, 5.41) is 7.35. The number of carbonyl (C=O) groups excluding carboxylic acids is 2. The number of hydrogen-bond donors (Lipinski definition) is 2. The van der Waals surface area contributed by atoms with Gasteiger partial charge >= 0.3 is 0 Å². The van der Waals surface area contributed by atoms with E-state index in [0.29, 0.717) is 18.4 Å². The van der Waals surface area contributed by atoms with Crippen molar-refractivity contribution in [2.75, 3.05) is 0 Å². The van der Waals surface area contributed by atoms with Crippen molar-refractivity contribution in [1.82, 2.24) is 15.1 Å². The van der Waals surface area contributed by atoms with Crippen LogP contribution in [0.5, 0.6) is 0 Å². The third-order valence-electron chi connectivity index (χ3n) is 4.89. The Kier molecular flexibility index (Phi) is 4.61. The van der Waals surface area contributed by atoms with Crippen molar-refractivity contribution in [3.63, 3.8) is 0 Å². The highest BCUT2D eigenvalue weighted by molar-refractivity contribution is 5.99. The first-order chi connectivity index (χ1) is 11.9. The van der Waals surface area contributed by atoms with E-state index in [1.54, 1.807) is 16.8 Å². The zero-order chi connectivity index (χ0) is 18.0. The number of nitrogens with two attached hydrogens (primary N) is 1. The van der Waals surface area contributed by atoms with Crippen LogP contribution in [-0.2, 0) is 4.79 Å². The molecule has 0 bridgehead atoms. The third kappa shape index (κ3) is 3.43. The minimum absolute atomic E-state index is 0.274. The molecule has 6 nitrogen and oxygen atoms in total. The van der Waals surface area contributed by atoms with E-state index in [1.807, 2.05) is 32.0 Å². The van der Waals surface area contributed by atoms with Gasteiger partial charge in [-0.3, -0.25) is 9.59 Å². The molecule has 25 heavy (non-hydrogen) atoms. The van der Waals surface area contributed by atoms with Crippen LogP contribution in [0.1, 0.15) is 53.8 Å². The van der Waals surface area contributed by atoms with Crippen LogP contribution >= 0.6 is 0 Å². The average Bonchev–Trinajstić information content (AvgIpc) is 2.94. The van der Waals surface area contributed by atoms with Crippen LogP contribution < -0.4 is 11.1 Å². The normalized spacial score (nSPS) is 16.4. The molecule has 1 aliphatic rings. The van der Waals surface area contributed by atoms with Gasteiger partial charge in [-0.05, 0) is 51.0 Å². The van der Waals surface area contributed by atoms with Gasteiger partial charge in [-0.1, -0.05) is 25.3 Å². The lowest BCUT2D eigenvalue weighted by Crippen LogP contribution is -2.58. The van der Waals surface area contributed by atoms with Gasteiger partial charge in [0, 0.05) is 11.3 Å². The molecule has 1 aromatic heterocycles. The zero-order valence-electron chi connectivity index (χ0n) is 14.7. The molecule has 0 spiro atoms. The maximum Gasteiger partial charge on any atom is 0.252 e. The van der Waals surface area contributed by atoms with Gasteiger partial charge in [-0.2, -0.15) is 5.10 Å². The molecule has 2 aromatic rings. The summed E-state index contributed by atoms with van der Waals surface area (Å²) in [5.41, 5.74) is 7.90. The molecule has 1 saturated carbocycles. The highest BCUT2D eigenvalue weighted by Crippen LogP contribution is 2.28. The van der Waals surface area contributed by atoms with Crippen molar-refractivity contribution in [2.45, 2.75) is 51.5 Å². The first kappa shape index (κ1) is 17.2. The second kappa shape index (κ2) is 6.70. The average molecular weight is 340 g/mol. The first-order valence-electron chi connectivity index (χ1n) is 8.67. The van der Waals surface area contributed by atoms with Crippen molar-refractivity contribution < 1.29 is 9.59 Å². The van der Waals surface area contributed by atoms with E-state index in [2.05, 4.69) is 10.4 Å². The molecule has 0 aliphatic heterocycles. The Balaban J connectivity index is 1.86. The maximum absolute atomic E-state index is 12.7. The second-order valence-electron chi connectivity index (χ2n) is 6.85. The molecule has 1 aromatic carbocycles. The molecular formula is C19H24N4O2. The molecule has 2 amide bonds. The van der Waals surface area contributed by atoms with Crippen LogP contribution in [0.4, 0.5) is 0 Å². The SMILES string of the molecule is Cc1cc(C)n(-c2cccc(C(=O)NC3(C(N)=O)CCCCC3)c2)n1. The van der Waals surface area contributed by atoms with Crippen LogP contribution in [0.25, 0.3) is 5.69 Å². The molecule has 1 aliphatic carbocycles. The fourth-order valence-electron chi connectivity index (χ4n) is 3.55. The van der Waals surface area contributed by atoms with Crippen LogP contribution in [0.15, 0.2) is 30.3 Å². The van der Waals surface area contributed by atoms with Gasteiger partial charge in [0.1, 0.15) is 5.54 Å². The lowest BCUT2D eigenvalue weighted by Gasteiger charge is -2.35. The quantitative estimate of drug-likeness (QED) is 0.895. The van der Waals surface area contributed by atoms with Gasteiger partial charge < -0.3 is 11.1 Å². The van der Waals surface area contributed by atoms with E-state index in [0.717, 1.165) is 36.3 Å². The molecule has 6 heteroatoms. The summed E-state index contributed by atoms with van der Waals surface area (Å²) >= 11 is 0. The van der Waals surface area contributed by atoms with Gasteiger partial charge in [0.2, 0.25) is 5.91 Å². The molecule has 0 atom stereocenters. The fourth-order valence-corrected chi connectivity index (χ4v) is 3.55. The lowest BCUT2D eigenvalue weighted by atomic mass is 9.81. The minimum Gasteiger partial charge on any atom is -0.368 e. The number of rotatable bonds is 4. The number of primary amides is 1. The topological polar surface area (TPSA) is 90.0 Å². The minimum atomic E-state index is -0.927. The fraction of sp³-hybridized carbons (Fsp3) is 0.421. The van der Waals surface area contributed by atoms with E-state index >= 15 is 0 Å². The van der Waals surface area contributed by atoms with E-state index in [9.17, 15) is 9.59 Å². The predicted molar refractivity (Wildman–Crippen MR) is 95.5 cm³/mol. The summed E-state index contributed by atoms with van der Waals surface area (Å²) in [6, 6.07) is 9.23. The molecule has 1 fully saturated rings. The Morgan fingerprint density at radius 2 is 1.88 bits per heavy atom. The molecule has 132 valence electrons. The van der Waals surface area contributed by atoms with E-state index in [1.165, 1.54) is 0 Å². The highest BCUT2D eigenvalue weighted by atomic mass is 16.2. The molecule has 3 N–H and O–H groups in total. The Labute approximate surface area is 147 Å². The Hall–Kier alpha value is -2.63. The largest absolute Gasteiger partial charge is 0.368 e. The van der Waals surface area contributed by atoms with E-state index < -0.39 is 11.4 Å². The summed E-state index contributed by atoms with van der Waals surface area (Å²) in [7, 11) is 0. The highest BCUT2D eigenvalue weighted by Gasteiger charge is 2.39. The smallest absolute Gasteiger partial charge is 0.252 e. The molecule has 0 saturated heterocycles. The standard InChI is InChI=1S/C19H24N4O2/c1-13-11-14(2)23(22-13)16-8-6-7-15(12-16)17(24)21-19(18(20)25)9-4-3-5-10-19/h6-8,11-12H,3-5,9-10H2,1-2H3,(H2,20,25)(H,21,24). The zero-order valence-corrected chi connectivity index (χ0v) is 14.7. The van der Waals surface area contributed by atoms with Gasteiger partial charge in [-0.25, -0.2) is 4.68 Å². The number of nitrogens with one attached hydrogen (secondary N) is 1. The van der Waals surface area contributed by atoms with Crippen molar-refractivity contribution in [1.29, 1.82) is 0 Å². The summed E-state index contributed by atoms with van der Waals surface area (Å²) in [4.78, 5) is 24.7. The lowest BCUT2D eigenvalue weighted by molar-refractivity contribution is -0.125. The second-order valence-corrected chi connectivity index (χ2v) is 6.85. The number of amides is 2. The van der Waals surface area contributed by atoms with Gasteiger partial charge in [-0.15, -0.1) is 0 Å². The van der Waals surface area contributed by atoms with Gasteiger partial charge in [0.15, 0.2) is 0 Å². The molecule has 0 unspecified atom stereocenters. The summed E-state index contributed by atoms with van der Waals surface area (Å²) in [6.45, 7) is 3.90. The molecular weight excluding hydrogens is 316 g/mol. The molecule has 1 heterocycles. The maximum atomic E-state index is 12.7. The number of benzene rings is 1. The van der Waals surface area contributed by atoms with Crippen LogP contribution in [0.2, 0.25) is 0 Å². The Morgan fingerprint density at radius 3 is 2.48 bits per heavy atom. The number of aromatic nitrogens is 2. The molecule has 0 radical (unpaired) electrons. The van der Waals surface area contributed by atoms with Crippen LogP contribution in [-0.4, -0.2) is 27.1 Å². The summed E-state index contributed by atoms with van der Waals surface area (Å²) in [5.74, 6) is -0.723. The summed E-state index contributed by atoms with van der Waals surface area (Å²) in [6.07, 6.45) is 4.07. The van der Waals surface area contributed by atoms with E-state index in [-0.39, 0.29) is 5.91 Å². The monoisotopic (exact) mass is 340 g/mol. The Morgan fingerprint density at radius 1 is 1.16 bits per heavy atom. The number of aryl methyl sites for hydroxylation is 2. The third-order valence-corrected chi connectivity index (χ3v) is 4.89. The van der Waals surface area contributed by atoms with Crippen molar-refractivity contribution in [2.24, 2.45) is 5.73 Å². The van der Waals surface area contributed by atoms with Crippen molar-refractivity contribution in [3.8, 4) is 5.69 Å². The van der Waals surface area contributed by atoms with Crippen LogP contribution in [0.3, 0.4) is 0 Å². The van der Waals surface area contributed by atoms with Gasteiger partial charge in [0.05, 0.1) is 11.4 Å². The number of carbonyl (C=O) groups is 2. The van der Waals surface area contributed by atoms with Crippen LogP contribution in [0, 0.1) is 13.8 Å². The van der Waals surface area contributed by atoms with E-state index in [4.69, 9.17) is 5.73 Å². The van der Waals surface area contributed by atoms with Crippen molar-refractivity contribution in [3.05, 3.63) is 47.3 Å². The first-order valence-corrected chi connectivity index (χ1v) is 8.67. The summed E-state index contributed by atoms with van der Waals surface area (Å²) < 4.78 is 1.80. The van der Waals surface area contributed by atoms with Gasteiger partial charge in [0.25, 0.3) is 5.91 Å². The predicted octanol–water partition coefficient (Wildman–Crippen LogP) is 2.41. The van der Waals surface area contributed by atoms with Crippen molar-refractivity contribution >= 4 is 11.8 Å². The number of hydrogen-bond acceptors (Lipinski definition) is 3. The molecule has 3 rings (SSSR count).